The smallest absolute Gasteiger partial charge is 0.0998 e. The highest BCUT2D eigenvalue weighted by Crippen LogP contribution is 2.40. The summed E-state index contributed by atoms with van der Waals surface area (Å²) < 4.78 is 2.31. The van der Waals surface area contributed by atoms with Gasteiger partial charge in [-0.2, -0.15) is 10.5 Å². The number of para-hydroxylation sites is 1. The van der Waals surface area contributed by atoms with Crippen LogP contribution in [-0.4, -0.2) is 9.55 Å². The van der Waals surface area contributed by atoms with E-state index < -0.39 is 0 Å². The Balaban J connectivity index is 1.58. The highest BCUT2D eigenvalue weighted by Gasteiger charge is 2.19. The largest absolute Gasteiger partial charge is 0.309 e. The van der Waals surface area contributed by atoms with Crippen LogP contribution in [0.15, 0.2) is 134 Å². The first-order valence-electron chi connectivity index (χ1n) is 13.3. The molecule has 0 aliphatic carbocycles. The van der Waals surface area contributed by atoms with Gasteiger partial charge in [-0.3, -0.25) is 4.98 Å². The molecule has 0 radical (unpaired) electrons. The van der Waals surface area contributed by atoms with Gasteiger partial charge in [-0.25, -0.2) is 0 Å². The molecular formula is C37H22N4. The Kier molecular flexibility index (Phi) is 5.86. The molecular weight excluding hydrogens is 500 g/mol. The Morgan fingerprint density at radius 2 is 1.20 bits per heavy atom. The minimum absolute atomic E-state index is 0.609. The van der Waals surface area contributed by atoms with E-state index in [-0.39, 0.29) is 0 Å². The zero-order valence-electron chi connectivity index (χ0n) is 22.0. The van der Waals surface area contributed by atoms with Gasteiger partial charge in [0.25, 0.3) is 0 Å². The lowest BCUT2D eigenvalue weighted by Gasteiger charge is -2.18. The minimum Gasteiger partial charge on any atom is -0.309 e. The van der Waals surface area contributed by atoms with Crippen molar-refractivity contribution in [2.75, 3.05) is 0 Å². The monoisotopic (exact) mass is 522 g/mol. The van der Waals surface area contributed by atoms with Crippen molar-refractivity contribution in [1.82, 2.24) is 9.55 Å². The van der Waals surface area contributed by atoms with Crippen molar-refractivity contribution in [1.29, 1.82) is 10.5 Å². The first-order chi connectivity index (χ1) is 20.2. The maximum atomic E-state index is 10.2. The molecule has 0 unspecified atom stereocenters. The van der Waals surface area contributed by atoms with Crippen LogP contribution >= 0.6 is 0 Å². The summed E-state index contributed by atoms with van der Waals surface area (Å²) in [5, 5.41) is 21.8. The molecule has 0 aliphatic rings. The number of rotatable bonds is 4. The van der Waals surface area contributed by atoms with Crippen LogP contribution in [-0.2, 0) is 0 Å². The molecule has 41 heavy (non-hydrogen) atoms. The van der Waals surface area contributed by atoms with Crippen LogP contribution in [0, 0.1) is 22.7 Å². The van der Waals surface area contributed by atoms with Crippen LogP contribution in [0.4, 0.5) is 0 Å². The third-order valence-electron chi connectivity index (χ3n) is 7.59. The number of hydrogen-bond donors (Lipinski definition) is 0. The number of benzene rings is 5. The second-order valence-electron chi connectivity index (χ2n) is 9.90. The number of nitriles is 2. The normalized spacial score (nSPS) is 10.9. The van der Waals surface area contributed by atoms with Crippen LogP contribution < -0.4 is 0 Å². The van der Waals surface area contributed by atoms with Crippen LogP contribution in [0.2, 0.25) is 0 Å². The molecule has 4 heteroatoms. The van der Waals surface area contributed by atoms with Gasteiger partial charge in [0, 0.05) is 34.3 Å². The molecule has 0 N–H and O–H groups in total. The third kappa shape index (κ3) is 4.12. The van der Waals surface area contributed by atoms with Gasteiger partial charge in [-0.05, 0) is 70.8 Å². The van der Waals surface area contributed by atoms with Gasteiger partial charge in [0.1, 0.15) is 0 Å². The maximum absolute atomic E-state index is 10.2. The summed E-state index contributed by atoms with van der Waals surface area (Å²) in [6, 6.07) is 45.5. The van der Waals surface area contributed by atoms with Gasteiger partial charge in [0.05, 0.1) is 40.0 Å². The molecule has 0 atom stereocenters. The average molecular weight is 523 g/mol. The van der Waals surface area contributed by atoms with Crippen molar-refractivity contribution in [3.63, 3.8) is 0 Å². The molecule has 190 valence electrons. The Morgan fingerprint density at radius 1 is 0.512 bits per heavy atom. The highest BCUT2D eigenvalue weighted by molar-refractivity contribution is 6.11. The topological polar surface area (TPSA) is 65.4 Å². The van der Waals surface area contributed by atoms with Crippen molar-refractivity contribution >= 4 is 21.8 Å². The fraction of sp³-hybridized carbons (Fsp3) is 0. The van der Waals surface area contributed by atoms with E-state index in [4.69, 9.17) is 0 Å². The van der Waals surface area contributed by atoms with E-state index in [0.717, 1.165) is 60.9 Å². The second kappa shape index (κ2) is 9.97. The average Bonchev–Trinajstić information content (AvgIpc) is 3.38. The Hall–Kier alpha value is -5.97. The molecule has 2 aromatic heterocycles. The van der Waals surface area contributed by atoms with Crippen molar-refractivity contribution in [3.8, 4) is 51.2 Å². The standard InChI is InChI=1S/C37H22N4/c38-23-25-10-12-26(13-11-25)29-14-15-32-31-8-4-5-9-35(31)41(36(32)21-29)37-22-33(28-16-18-40-19-17-28)30(24-39)20-34(37)27-6-2-1-3-7-27/h1-22H. The van der Waals surface area contributed by atoms with E-state index >= 15 is 0 Å². The van der Waals surface area contributed by atoms with Crippen molar-refractivity contribution in [3.05, 3.63) is 145 Å². The lowest BCUT2D eigenvalue weighted by molar-refractivity contribution is 1.18. The Labute approximate surface area is 237 Å². The fourth-order valence-corrected chi connectivity index (χ4v) is 5.63. The molecule has 0 amide bonds. The third-order valence-corrected chi connectivity index (χ3v) is 7.59. The van der Waals surface area contributed by atoms with Gasteiger partial charge < -0.3 is 4.57 Å². The molecule has 0 bridgehead atoms. The first kappa shape index (κ1) is 24.1. The Bertz CT molecular complexity index is 2140. The summed E-state index contributed by atoms with van der Waals surface area (Å²) in [4.78, 5) is 4.19. The van der Waals surface area contributed by atoms with Crippen LogP contribution in [0.3, 0.4) is 0 Å². The predicted octanol–water partition coefficient (Wildman–Crippen LogP) is 8.92. The SMILES string of the molecule is N#Cc1ccc(-c2ccc3c4ccccc4n(-c4cc(-c5ccncc5)c(C#N)cc4-c4ccccc4)c3c2)cc1. The van der Waals surface area contributed by atoms with E-state index in [0.29, 0.717) is 11.1 Å². The molecule has 2 heterocycles. The molecule has 0 fully saturated rings. The number of nitrogens with zero attached hydrogens (tertiary/aromatic N) is 4. The van der Waals surface area contributed by atoms with Gasteiger partial charge in [-0.1, -0.05) is 72.8 Å². The van der Waals surface area contributed by atoms with Crippen molar-refractivity contribution in [2.24, 2.45) is 0 Å². The van der Waals surface area contributed by atoms with Gasteiger partial charge in [0.15, 0.2) is 0 Å². The fourth-order valence-electron chi connectivity index (χ4n) is 5.63. The van der Waals surface area contributed by atoms with E-state index in [1.165, 1.54) is 0 Å². The molecule has 5 aromatic carbocycles. The lowest BCUT2D eigenvalue weighted by Crippen LogP contribution is -2.00. The number of pyridine rings is 1. The quantitative estimate of drug-likeness (QED) is 0.232. The highest BCUT2D eigenvalue weighted by atomic mass is 15.0. The second-order valence-corrected chi connectivity index (χ2v) is 9.90. The number of hydrogen-bond acceptors (Lipinski definition) is 3. The van der Waals surface area contributed by atoms with E-state index in [2.05, 4.69) is 82.4 Å². The summed E-state index contributed by atoms with van der Waals surface area (Å²) >= 11 is 0. The Morgan fingerprint density at radius 3 is 1.95 bits per heavy atom. The molecule has 0 aliphatic heterocycles. The van der Waals surface area contributed by atoms with Crippen molar-refractivity contribution in [2.45, 2.75) is 0 Å². The summed E-state index contributed by atoms with van der Waals surface area (Å²) in [6.07, 6.45) is 3.51. The van der Waals surface area contributed by atoms with E-state index in [1.54, 1.807) is 12.4 Å². The molecule has 0 saturated heterocycles. The molecule has 0 saturated carbocycles. The van der Waals surface area contributed by atoms with Gasteiger partial charge in [-0.15, -0.1) is 0 Å². The van der Waals surface area contributed by atoms with Crippen LogP contribution in [0.25, 0.3) is 60.9 Å². The number of fused-ring (bicyclic) bond motifs is 3. The molecule has 0 spiro atoms. The van der Waals surface area contributed by atoms with E-state index in [9.17, 15) is 10.5 Å². The maximum Gasteiger partial charge on any atom is 0.0998 e. The summed E-state index contributed by atoms with van der Waals surface area (Å²) in [5.41, 5.74) is 10.3. The summed E-state index contributed by atoms with van der Waals surface area (Å²) in [6.45, 7) is 0. The van der Waals surface area contributed by atoms with Crippen molar-refractivity contribution < 1.29 is 0 Å². The van der Waals surface area contributed by atoms with Gasteiger partial charge in [0.2, 0.25) is 0 Å². The van der Waals surface area contributed by atoms with Crippen LogP contribution in [0.1, 0.15) is 11.1 Å². The molecule has 7 rings (SSSR count). The number of aromatic nitrogens is 2. The minimum atomic E-state index is 0.609. The predicted molar refractivity (Wildman–Crippen MR) is 164 cm³/mol. The molecule has 4 nitrogen and oxygen atoms in total. The first-order valence-corrected chi connectivity index (χ1v) is 13.3. The lowest BCUT2D eigenvalue weighted by atomic mass is 9.94. The zero-order chi connectivity index (χ0) is 27.8. The summed E-state index contributed by atoms with van der Waals surface area (Å²) in [7, 11) is 0. The molecule has 7 aromatic rings. The van der Waals surface area contributed by atoms with Crippen LogP contribution in [0.5, 0.6) is 0 Å². The zero-order valence-corrected chi connectivity index (χ0v) is 22.0. The summed E-state index contributed by atoms with van der Waals surface area (Å²) in [5.74, 6) is 0. The van der Waals surface area contributed by atoms with Gasteiger partial charge >= 0.3 is 0 Å². The van der Waals surface area contributed by atoms with E-state index in [1.807, 2.05) is 60.7 Å².